The van der Waals surface area contributed by atoms with E-state index in [0.717, 1.165) is 23.4 Å². The fourth-order valence-electron chi connectivity index (χ4n) is 2.76. The van der Waals surface area contributed by atoms with E-state index in [9.17, 15) is 13.6 Å². The van der Waals surface area contributed by atoms with Crippen molar-refractivity contribution < 1.29 is 38.8 Å². The molecule has 3 rings (SSSR count). The quantitative estimate of drug-likeness (QED) is 0.318. The van der Waals surface area contributed by atoms with E-state index >= 15 is 0 Å². The number of fused-ring (bicyclic) bond motifs is 1. The molecule has 1 N–H and O–H groups in total. The predicted molar refractivity (Wildman–Crippen MR) is 97.9 cm³/mol. The summed E-state index contributed by atoms with van der Waals surface area (Å²) in [6.07, 6.45) is 1.17. The maximum absolute atomic E-state index is 13.4. The van der Waals surface area contributed by atoms with Gasteiger partial charge in [-0.25, -0.2) is 4.39 Å². The van der Waals surface area contributed by atoms with E-state index in [-0.39, 0.29) is 37.1 Å². The molecule has 6 heteroatoms. The number of halogens is 2. The van der Waals surface area contributed by atoms with Gasteiger partial charge in [-0.3, -0.25) is 14.2 Å². The Morgan fingerprint density at radius 1 is 1.19 bits per heavy atom. The van der Waals surface area contributed by atoms with Crippen LogP contribution in [0.15, 0.2) is 53.2 Å². The Kier molecular flexibility index (Phi) is 7.76. The molecular weight excluding hydrogens is 528 g/mol. The second-order valence-electron chi connectivity index (χ2n) is 6.54. The Morgan fingerprint density at radius 3 is 2.30 bits per heavy atom. The van der Waals surface area contributed by atoms with Crippen LogP contribution in [-0.4, -0.2) is 16.6 Å². The van der Waals surface area contributed by atoms with E-state index in [4.69, 9.17) is 5.11 Å². The van der Waals surface area contributed by atoms with E-state index in [0.29, 0.717) is 11.3 Å². The number of benzene rings is 2. The monoisotopic (exact) mass is 549 g/mol. The Hall–Kier alpha value is -2.17. The zero-order valence-electron chi connectivity index (χ0n) is 15.4. The summed E-state index contributed by atoms with van der Waals surface area (Å²) in [7, 11) is 0. The molecule has 2 aromatic carbocycles. The van der Waals surface area contributed by atoms with Crippen LogP contribution in [0.2, 0.25) is 0 Å². The van der Waals surface area contributed by atoms with Crippen LogP contribution in [0, 0.1) is 17.7 Å². The molecule has 1 aliphatic heterocycles. The molecule has 0 aromatic heterocycles. The number of aliphatic hydroxyl groups excluding tert-OH is 1. The third kappa shape index (κ3) is 5.41. The summed E-state index contributed by atoms with van der Waals surface area (Å²) in [5.74, 6) is -1.83. The number of rotatable bonds is 2. The first-order valence-corrected chi connectivity index (χ1v) is 8.06. The molecule has 0 fully saturated rings. The van der Waals surface area contributed by atoms with Crippen LogP contribution in [0.3, 0.4) is 0 Å². The van der Waals surface area contributed by atoms with Gasteiger partial charge in [0.1, 0.15) is 0 Å². The SMILES string of the molecule is CC(=O)/C=C(/C)O.CC1(C)C(c2[c-]cc(F)c(F)c2)=Nc2ccccc21.[Ir]. The minimum absolute atomic E-state index is 0. The molecule has 0 bridgehead atoms. The van der Waals surface area contributed by atoms with Crippen LogP contribution >= 0.6 is 0 Å². The second-order valence-corrected chi connectivity index (χ2v) is 6.54. The van der Waals surface area contributed by atoms with E-state index in [1.807, 2.05) is 38.1 Å². The van der Waals surface area contributed by atoms with Crippen LogP contribution in [0.1, 0.15) is 38.8 Å². The molecule has 0 atom stereocenters. The van der Waals surface area contributed by atoms with Crippen LogP contribution in [0.4, 0.5) is 14.5 Å². The molecule has 27 heavy (non-hydrogen) atoms. The van der Waals surface area contributed by atoms with Gasteiger partial charge in [-0.2, -0.15) is 0 Å². The number of allylic oxidation sites excluding steroid dienone is 2. The van der Waals surface area contributed by atoms with Gasteiger partial charge in [-0.05, 0) is 31.2 Å². The summed E-state index contributed by atoms with van der Waals surface area (Å²) < 4.78 is 26.4. The Morgan fingerprint density at radius 2 is 1.81 bits per heavy atom. The van der Waals surface area contributed by atoms with E-state index in [2.05, 4.69) is 11.1 Å². The third-order valence-corrected chi connectivity index (χ3v) is 3.92. The molecule has 145 valence electrons. The Labute approximate surface area is 171 Å². The third-order valence-electron chi connectivity index (χ3n) is 3.92. The maximum atomic E-state index is 13.4. The second kappa shape index (κ2) is 9.16. The Bertz CT molecular complexity index is 901. The number of carbonyl (C=O) groups is 1. The summed E-state index contributed by atoms with van der Waals surface area (Å²) in [4.78, 5) is 14.6. The van der Waals surface area contributed by atoms with E-state index in [1.54, 1.807) is 0 Å². The van der Waals surface area contributed by atoms with Gasteiger partial charge in [0.15, 0.2) is 5.78 Å². The van der Waals surface area contributed by atoms with E-state index < -0.39 is 11.6 Å². The molecule has 3 nitrogen and oxygen atoms in total. The molecule has 0 amide bonds. The zero-order valence-corrected chi connectivity index (χ0v) is 17.8. The van der Waals surface area contributed by atoms with Gasteiger partial charge < -0.3 is 5.11 Å². The number of carbonyl (C=O) groups excluding carboxylic acids is 1. The summed E-state index contributed by atoms with van der Waals surface area (Å²) in [5.41, 5.74) is 2.84. The molecule has 0 unspecified atom stereocenters. The fourth-order valence-corrected chi connectivity index (χ4v) is 2.76. The smallest absolute Gasteiger partial charge is 0.155 e. The maximum Gasteiger partial charge on any atom is 0.155 e. The minimum atomic E-state index is -0.891. The molecule has 1 radical (unpaired) electrons. The van der Waals surface area contributed by atoms with Crippen molar-refractivity contribution in [3.8, 4) is 0 Å². The fraction of sp³-hybridized carbons (Fsp3) is 0.238. The van der Waals surface area contributed by atoms with Gasteiger partial charge in [-0.1, -0.05) is 32.0 Å². The molecule has 0 saturated heterocycles. The molecule has 0 spiro atoms. The molecule has 0 aliphatic carbocycles. The van der Waals surface area contributed by atoms with Gasteiger partial charge >= 0.3 is 0 Å². The van der Waals surface area contributed by atoms with E-state index in [1.165, 1.54) is 19.9 Å². The first-order valence-electron chi connectivity index (χ1n) is 8.06. The average Bonchev–Trinajstić information content (AvgIpc) is 2.81. The van der Waals surface area contributed by atoms with Gasteiger partial charge in [0.25, 0.3) is 0 Å². The number of aliphatic hydroxyl groups is 1. The van der Waals surface area contributed by atoms with Crippen LogP contribution in [0.25, 0.3) is 0 Å². The summed E-state index contributed by atoms with van der Waals surface area (Å²) in [6.45, 7) is 6.89. The zero-order chi connectivity index (χ0) is 19.5. The van der Waals surface area contributed by atoms with Gasteiger partial charge in [-0.15, -0.1) is 23.8 Å². The molecule has 0 saturated carbocycles. The van der Waals surface area contributed by atoms with Crippen LogP contribution in [-0.2, 0) is 30.3 Å². The topological polar surface area (TPSA) is 49.7 Å². The largest absolute Gasteiger partial charge is 0.512 e. The first kappa shape index (κ1) is 22.9. The van der Waals surface area contributed by atoms with Crippen molar-refractivity contribution >= 4 is 17.2 Å². The first-order chi connectivity index (χ1) is 12.1. The van der Waals surface area contributed by atoms with Crippen molar-refractivity contribution in [3.63, 3.8) is 0 Å². The van der Waals surface area contributed by atoms with Crippen molar-refractivity contribution in [2.45, 2.75) is 33.1 Å². The molecule has 2 aromatic rings. The number of nitrogens with zero attached hydrogens (tertiary/aromatic N) is 1. The number of ketones is 1. The van der Waals surface area contributed by atoms with Crippen molar-refractivity contribution in [2.75, 3.05) is 0 Å². The molecule has 1 aliphatic rings. The van der Waals surface area contributed by atoms with Crippen LogP contribution < -0.4 is 0 Å². The number of aliphatic imine (C=N–C) groups is 1. The predicted octanol–water partition coefficient (Wildman–Crippen LogP) is 5.21. The van der Waals surface area contributed by atoms with Crippen LogP contribution in [0.5, 0.6) is 0 Å². The Balaban J connectivity index is 0.000000395. The summed E-state index contributed by atoms with van der Waals surface area (Å²) >= 11 is 0. The number of hydrogen-bond donors (Lipinski definition) is 1. The van der Waals surface area contributed by atoms with Crippen molar-refractivity contribution in [1.82, 2.24) is 0 Å². The van der Waals surface area contributed by atoms with Crippen molar-refractivity contribution in [2.24, 2.45) is 4.99 Å². The van der Waals surface area contributed by atoms with Gasteiger partial charge in [0.05, 0.1) is 23.1 Å². The summed E-state index contributed by atoms with van der Waals surface area (Å²) in [6, 6.07) is 12.7. The normalized spacial score (nSPS) is 14.3. The number of para-hydroxylation sites is 1. The number of hydrogen-bond acceptors (Lipinski definition) is 3. The molecule has 1 heterocycles. The summed E-state index contributed by atoms with van der Waals surface area (Å²) in [5, 5.41) is 8.36. The van der Waals surface area contributed by atoms with Crippen molar-refractivity contribution in [1.29, 1.82) is 0 Å². The van der Waals surface area contributed by atoms with Crippen molar-refractivity contribution in [3.05, 3.63) is 77.1 Å². The molecular formula is C21H20F2IrNO2-. The minimum Gasteiger partial charge on any atom is -0.512 e. The standard InChI is InChI=1S/C16H12F2N.C5H8O2.Ir/c1-16(2)11-5-3-4-6-14(11)19-15(16)10-7-8-12(17)13(18)9-10;1-4(6)3-5(2)7;/h3-6,8-9H,1-2H3;3,6H,1-2H3;/q-1;;/b;4-3-;. The average molecular weight is 549 g/mol. The van der Waals surface area contributed by atoms with Gasteiger partial charge in [0, 0.05) is 31.6 Å². The van der Waals surface area contributed by atoms with Gasteiger partial charge in [0.2, 0.25) is 0 Å².